The summed E-state index contributed by atoms with van der Waals surface area (Å²) in [6.45, 7) is 0.530. The van der Waals surface area contributed by atoms with Crippen molar-refractivity contribution in [3.8, 4) is 0 Å². The molecule has 0 saturated carbocycles. The molecule has 1 amide bonds. The Labute approximate surface area is 128 Å². The molecule has 0 spiro atoms. The molecule has 0 aliphatic carbocycles. The number of aliphatic hydroxyl groups is 4. The highest BCUT2D eigenvalue weighted by Gasteiger charge is 2.35. The summed E-state index contributed by atoms with van der Waals surface area (Å²) in [6.07, 6.45) is -4.74. The van der Waals surface area contributed by atoms with Crippen LogP contribution in [0.25, 0.3) is 0 Å². The largest absolute Gasteiger partial charge is 0.394 e. The van der Waals surface area contributed by atoms with Gasteiger partial charge in [-0.1, -0.05) is 30.3 Å². The Bertz CT molecular complexity index is 480. The van der Waals surface area contributed by atoms with Gasteiger partial charge in [-0.25, -0.2) is 0 Å². The molecule has 4 N–H and O–H groups in total. The van der Waals surface area contributed by atoms with Crippen molar-refractivity contribution >= 4 is 12.2 Å². The zero-order valence-electron chi connectivity index (χ0n) is 12.2. The van der Waals surface area contributed by atoms with Crippen LogP contribution in [0.3, 0.4) is 0 Å². The van der Waals surface area contributed by atoms with Crippen molar-refractivity contribution in [3.63, 3.8) is 0 Å². The van der Waals surface area contributed by atoms with E-state index in [0.29, 0.717) is 6.29 Å². The van der Waals surface area contributed by atoms with E-state index in [1.807, 2.05) is 0 Å². The third-order valence-corrected chi connectivity index (χ3v) is 3.38. The first-order chi connectivity index (χ1) is 10.4. The maximum absolute atomic E-state index is 11.8. The van der Waals surface area contributed by atoms with Crippen LogP contribution in [-0.4, -0.2) is 68.5 Å². The van der Waals surface area contributed by atoms with Gasteiger partial charge in [-0.2, -0.15) is 0 Å². The van der Waals surface area contributed by atoms with Crippen LogP contribution in [0, 0.1) is 0 Å². The number of aliphatic hydroxyl groups excluding tert-OH is 4. The summed E-state index contributed by atoms with van der Waals surface area (Å²) in [5.41, 5.74) is 0.744. The molecule has 0 aromatic heterocycles. The number of nitrogens with zero attached hydrogens (tertiary/aromatic N) is 1. The smallest absolute Gasteiger partial charge is 0.220 e. The van der Waals surface area contributed by atoms with Crippen molar-refractivity contribution in [2.75, 3.05) is 6.61 Å². The topological polar surface area (TPSA) is 118 Å². The lowest BCUT2D eigenvalue weighted by Gasteiger charge is -2.33. The number of carbonyl (C=O) groups excluding carboxylic acids is 2. The van der Waals surface area contributed by atoms with E-state index in [1.54, 1.807) is 30.3 Å². The molecule has 0 aliphatic heterocycles. The zero-order valence-corrected chi connectivity index (χ0v) is 12.2. The van der Waals surface area contributed by atoms with Gasteiger partial charge in [0.2, 0.25) is 5.91 Å². The first-order valence-electron chi connectivity index (χ1n) is 6.83. The molecule has 122 valence electrons. The van der Waals surface area contributed by atoms with Crippen molar-refractivity contribution in [2.45, 2.75) is 37.8 Å². The quantitative estimate of drug-likeness (QED) is 0.442. The number of carbonyl (C=O) groups is 2. The summed E-state index contributed by atoms with van der Waals surface area (Å²) in [7, 11) is 0. The number of benzene rings is 1. The van der Waals surface area contributed by atoms with E-state index in [1.165, 1.54) is 6.92 Å². The SMILES string of the molecule is CC(=O)N(Cc1ccccc1)[C@@H](C=O)[C@@H](O)[C@H](O)[C@H](O)CO. The second kappa shape index (κ2) is 8.60. The first-order valence-corrected chi connectivity index (χ1v) is 6.83. The Kier molecular flexibility index (Phi) is 7.13. The van der Waals surface area contributed by atoms with Gasteiger partial charge in [0.05, 0.1) is 6.61 Å². The van der Waals surface area contributed by atoms with E-state index in [-0.39, 0.29) is 6.54 Å². The van der Waals surface area contributed by atoms with Crippen LogP contribution < -0.4 is 0 Å². The average Bonchev–Trinajstić information content (AvgIpc) is 2.53. The van der Waals surface area contributed by atoms with Gasteiger partial charge in [0, 0.05) is 13.5 Å². The van der Waals surface area contributed by atoms with Crippen LogP contribution in [0.5, 0.6) is 0 Å². The Balaban J connectivity index is 2.95. The van der Waals surface area contributed by atoms with E-state index in [0.717, 1.165) is 10.5 Å². The maximum Gasteiger partial charge on any atom is 0.220 e. The number of aldehydes is 1. The Morgan fingerprint density at radius 3 is 2.23 bits per heavy atom. The molecule has 22 heavy (non-hydrogen) atoms. The molecule has 0 bridgehead atoms. The summed E-state index contributed by atoms with van der Waals surface area (Å²) in [4.78, 5) is 24.2. The molecule has 7 heteroatoms. The van der Waals surface area contributed by atoms with E-state index >= 15 is 0 Å². The molecule has 1 aromatic rings. The summed E-state index contributed by atoms with van der Waals surface area (Å²) < 4.78 is 0. The minimum atomic E-state index is -1.75. The van der Waals surface area contributed by atoms with Crippen molar-refractivity contribution in [1.29, 1.82) is 0 Å². The molecule has 7 nitrogen and oxygen atoms in total. The molecule has 0 radical (unpaired) electrons. The highest BCUT2D eigenvalue weighted by molar-refractivity contribution is 5.78. The molecule has 0 unspecified atom stereocenters. The molecule has 4 atom stereocenters. The van der Waals surface area contributed by atoms with Crippen LogP contribution in [0.2, 0.25) is 0 Å². The van der Waals surface area contributed by atoms with Gasteiger partial charge in [0.15, 0.2) is 0 Å². The van der Waals surface area contributed by atoms with Crippen molar-refractivity contribution in [1.82, 2.24) is 4.90 Å². The third kappa shape index (κ3) is 4.60. The van der Waals surface area contributed by atoms with E-state index in [4.69, 9.17) is 5.11 Å². The molecule has 1 aromatic carbocycles. The van der Waals surface area contributed by atoms with E-state index in [2.05, 4.69) is 0 Å². The average molecular weight is 311 g/mol. The predicted octanol–water partition coefficient (Wildman–Crippen LogP) is -1.32. The van der Waals surface area contributed by atoms with Gasteiger partial charge in [-0.3, -0.25) is 4.79 Å². The van der Waals surface area contributed by atoms with E-state index < -0.39 is 36.9 Å². The maximum atomic E-state index is 11.8. The van der Waals surface area contributed by atoms with Crippen LogP contribution in [0.4, 0.5) is 0 Å². The second-order valence-electron chi connectivity index (χ2n) is 4.99. The lowest BCUT2D eigenvalue weighted by Crippen LogP contribution is -2.54. The van der Waals surface area contributed by atoms with Crippen molar-refractivity contribution in [3.05, 3.63) is 35.9 Å². The highest BCUT2D eigenvalue weighted by atomic mass is 16.4. The Morgan fingerprint density at radius 1 is 1.18 bits per heavy atom. The second-order valence-corrected chi connectivity index (χ2v) is 4.99. The van der Waals surface area contributed by atoms with Crippen molar-refractivity contribution in [2.24, 2.45) is 0 Å². The van der Waals surface area contributed by atoms with Crippen LogP contribution >= 0.6 is 0 Å². The highest BCUT2D eigenvalue weighted by Crippen LogP contribution is 2.14. The van der Waals surface area contributed by atoms with Crippen LogP contribution in [0.1, 0.15) is 12.5 Å². The van der Waals surface area contributed by atoms with Gasteiger partial charge >= 0.3 is 0 Å². The number of hydrogen-bond acceptors (Lipinski definition) is 6. The lowest BCUT2D eigenvalue weighted by molar-refractivity contribution is -0.146. The number of amides is 1. The summed E-state index contributed by atoms with van der Waals surface area (Å²) >= 11 is 0. The first kappa shape index (κ1) is 18.2. The van der Waals surface area contributed by atoms with Crippen molar-refractivity contribution < 1.29 is 30.0 Å². The Hall–Kier alpha value is -1.80. The molecule has 0 saturated heterocycles. The normalized spacial score (nSPS) is 16.4. The van der Waals surface area contributed by atoms with Gasteiger partial charge in [0.1, 0.15) is 30.6 Å². The third-order valence-electron chi connectivity index (χ3n) is 3.38. The minimum absolute atomic E-state index is 0.0680. The fourth-order valence-corrected chi connectivity index (χ4v) is 2.08. The standard InChI is InChI=1S/C15H21NO6/c1-10(19)16(7-11-5-3-2-4-6-11)12(8-17)14(21)15(22)13(20)9-18/h2-6,8,12-15,18,20-22H,7,9H2,1H3/t12-,13+,14+,15+/m0/s1. The molecule has 1 rings (SSSR count). The van der Waals surface area contributed by atoms with Gasteiger partial charge in [-0.15, -0.1) is 0 Å². The molecule has 0 aliphatic rings. The zero-order chi connectivity index (χ0) is 16.7. The Morgan fingerprint density at radius 2 is 1.77 bits per heavy atom. The molecular weight excluding hydrogens is 290 g/mol. The predicted molar refractivity (Wildman–Crippen MR) is 77.6 cm³/mol. The number of rotatable bonds is 8. The van der Waals surface area contributed by atoms with Gasteiger partial charge in [-0.05, 0) is 5.56 Å². The molecular formula is C15H21NO6. The summed E-state index contributed by atoms with van der Waals surface area (Å²) in [5.74, 6) is -0.467. The minimum Gasteiger partial charge on any atom is -0.394 e. The monoisotopic (exact) mass is 311 g/mol. The van der Waals surface area contributed by atoms with E-state index in [9.17, 15) is 24.9 Å². The van der Waals surface area contributed by atoms with Gasteiger partial charge in [0.25, 0.3) is 0 Å². The molecule has 0 heterocycles. The molecule has 0 fully saturated rings. The fraction of sp³-hybridized carbons (Fsp3) is 0.467. The summed E-state index contributed by atoms with van der Waals surface area (Å²) in [5, 5.41) is 37.9. The number of hydrogen-bond donors (Lipinski definition) is 4. The lowest BCUT2D eigenvalue weighted by atomic mass is 10.00. The van der Waals surface area contributed by atoms with Gasteiger partial charge < -0.3 is 30.1 Å². The van der Waals surface area contributed by atoms with Crippen LogP contribution in [0.15, 0.2) is 30.3 Å². The summed E-state index contributed by atoms with van der Waals surface area (Å²) in [6, 6.07) is 7.50. The fourth-order valence-electron chi connectivity index (χ4n) is 2.08. The van der Waals surface area contributed by atoms with Crippen LogP contribution in [-0.2, 0) is 16.1 Å².